The van der Waals surface area contributed by atoms with Gasteiger partial charge < -0.3 is 15.5 Å². The highest BCUT2D eigenvalue weighted by Gasteiger charge is 2.13. The normalized spacial score (nSPS) is 14.5. The molecule has 0 saturated carbocycles. The summed E-state index contributed by atoms with van der Waals surface area (Å²) in [6.45, 7) is 4.01. The van der Waals surface area contributed by atoms with E-state index in [4.69, 9.17) is 0 Å². The summed E-state index contributed by atoms with van der Waals surface area (Å²) in [6, 6.07) is 9.75. The number of aryl methyl sites for hydroxylation is 1. The number of likely N-dealkylation sites (N-methyl/N-ethyl adjacent to an activating group) is 1. The summed E-state index contributed by atoms with van der Waals surface area (Å²) in [4.78, 5) is 28.1. The van der Waals surface area contributed by atoms with E-state index in [1.165, 1.54) is 22.5 Å². The number of fused-ring (bicyclic) bond motifs is 1. The van der Waals surface area contributed by atoms with E-state index < -0.39 is 0 Å². The van der Waals surface area contributed by atoms with Gasteiger partial charge in [0.05, 0.1) is 11.4 Å². The van der Waals surface area contributed by atoms with Crippen LogP contribution in [0, 0.1) is 6.92 Å². The smallest absolute Gasteiger partial charge is 0.261 e. The Labute approximate surface area is 152 Å². The molecule has 0 aliphatic carbocycles. The minimum atomic E-state index is -0.215. The molecule has 2 amide bonds. The van der Waals surface area contributed by atoms with Crippen LogP contribution in [0.3, 0.4) is 0 Å². The van der Waals surface area contributed by atoms with Crippen molar-refractivity contribution in [1.29, 1.82) is 0 Å². The number of carbonyl (C=O) groups excluding carboxylic acids is 2. The molecule has 6 heteroatoms. The third-order valence-electron chi connectivity index (χ3n) is 4.39. The van der Waals surface area contributed by atoms with Gasteiger partial charge in [-0.05, 0) is 62.2 Å². The van der Waals surface area contributed by atoms with E-state index in [0.717, 1.165) is 36.5 Å². The summed E-state index contributed by atoms with van der Waals surface area (Å²) in [5.41, 5.74) is 3.43. The van der Waals surface area contributed by atoms with Crippen molar-refractivity contribution in [3.05, 3.63) is 51.2 Å². The first kappa shape index (κ1) is 17.6. The number of hydrogen-bond acceptors (Lipinski definition) is 4. The molecule has 2 N–H and O–H groups in total. The molecule has 0 unspecified atom stereocenters. The van der Waals surface area contributed by atoms with Gasteiger partial charge in [0.15, 0.2) is 0 Å². The van der Waals surface area contributed by atoms with Gasteiger partial charge >= 0.3 is 0 Å². The number of amides is 2. The van der Waals surface area contributed by atoms with E-state index in [1.807, 2.05) is 19.1 Å². The fourth-order valence-corrected chi connectivity index (χ4v) is 3.71. The summed E-state index contributed by atoms with van der Waals surface area (Å²) in [5.74, 6) is -0.425. The average Bonchev–Trinajstić information content (AvgIpc) is 2.94. The van der Waals surface area contributed by atoms with Crippen molar-refractivity contribution in [3.8, 4) is 0 Å². The van der Waals surface area contributed by atoms with Crippen molar-refractivity contribution < 1.29 is 9.59 Å². The molecule has 2 heterocycles. The summed E-state index contributed by atoms with van der Waals surface area (Å²) in [6.07, 6.45) is 2.03. The second kappa shape index (κ2) is 7.80. The Kier molecular flexibility index (Phi) is 5.50. The molecule has 0 atom stereocenters. The highest BCUT2D eigenvalue weighted by Crippen LogP contribution is 2.20. The molecule has 1 aromatic carbocycles. The van der Waals surface area contributed by atoms with E-state index in [9.17, 15) is 9.59 Å². The van der Waals surface area contributed by atoms with Crippen LogP contribution in [-0.2, 0) is 17.6 Å². The van der Waals surface area contributed by atoms with Gasteiger partial charge in [-0.3, -0.25) is 9.59 Å². The molecule has 0 radical (unpaired) electrons. The molecular formula is C19H23N3O2S. The monoisotopic (exact) mass is 357 g/mol. The maximum Gasteiger partial charge on any atom is 0.261 e. The van der Waals surface area contributed by atoms with Crippen molar-refractivity contribution in [3.63, 3.8) is 0 Å². The molecule has 0 fully saturated rings. The minimum absolute atomic E-state index is 0.0321. The van der Waals surface area contributed by atoms with Gasteiger partial charge in [0.1, 0.15) is 0 Å². The first-order chi connectivity index (χ1) is 12.0. The predicted molar refractivity (Wildman–Crippen MR) is 101 cm³/mol. The van der Waals surface area contributed by atoms with Gasteiger partial charge in [-0.1, -0.05) is 6.07 Å². The van der Waals surface area contributed by atoms with Gasteiger partial charge in [0.25, 0.3) is 5.91 Å². The van der Waals surface area contributed by atoms with Crippen LogP contribution in [0.25, 0.3) is 0 Å². The molecule has 0 spiro atoms. The minimum Gasteiger partial charge on any atom is -0.342 e. The zero-order valence-corrected chi connectivity index (χ0v) is 15.4. The number of nitrogens with one attached hydrogen (secondary N) is 2. The van der Waals surface area contributed by atoms with Crippen molar-refractivity contribution in [2.45, 2.75) is 19.8 Å². The lowest BCUT2D eigenvalue weighted by Gasteiger charge is -2.11. The van der Waals surface area contributed by atoms with Gasteiger partial charge in [-0.2, -0.15) is 0 Å². The Balaban J connectivity index is 1.55. The number of nitrogens with zero attached hydrogens (tertiary/aromatic N) is 1. The van der Waals surface area contributed by atoms with Gasteiger partial charge in [-0.25, -0.2) is 0 Å². The van der Waals surface area contributed by atoms with Gasteiger partial charge in [0.2, 0.25) is 5.91 Å². The molecule has 3 rings (SSSR count). The van der Waals surface area contributed by atoms with Crippen molar-refractivity contribution in [1.82, 2.24) is 10.2 Å². The number of anilines is 1. The predicted octanol–water partition coefficient (Wildman–Crippen LogP) is 2.46. The standard InChI is InChI=1S/C19H23N3O2S/c1-13-3-6-17(25-13)19(24)20-12-18(23)21-16-5-4-14-7-9-22(2)10-8-15(14)11-16/h3-6,11H,7-10,12H2,1-2H3,(H,20,24)(H,21,23). The van der Waals surface area contributed by atoms with Crippen LogP contribution < -0.4 is 10.6 Å². The summed E-state index contributed by atoms with van der Waals surface area (Å²) in [5, 5.41) is 5.54. The number of thiophene rings is 1. The fraction of sp³-hybridized carbons (Fsp3) is 0.368. The van der Waals surface area contributed by atoms with Crippen LogP contribution in [0.1, 0.15) is 25.7 Å². The van der Waals surface area contributed by atoms with E-state index in [0.29, 0.717) is 4.88 Å². The number of rotatable bonds is 4. The van der Waals surface area contributed by atoms with Crippen LogP contribution in [0.2, 0.25) is 0 Å². The third-order valence-corrected chi connectivity index (χ3v) is 5.39. The second-order valence-electron chi connectivity index (χ2n) is 6.43. The van der Waals surface area contributed by atoms with Gasteiger partial charge in [0, 0.05) is 23.7 Å². The van der Waals surface area contributed by atoms with Gasteiger partial charge in [-0.15, -0.1) is 11.3 Å². The zero-order valence-electron chi connectivity index (χ0n) is 14.6. The van der Waals surface area contributed by atoms with Crippen molar-refractivity contribution in [2.24, 2.45) is 0 Å². The summed E-state index contributed by atoms with van der Waals surface area (Å²) >= 11 is 1.42. The maximum absolute atomic E-state index is 12.1. The van der Waals surface area contributed by atoms with Crippen LogP contribution >= 0.6 is 11.3 Å². The Bertz CT molecular complexity index is 785. The highest BCUT2D eigenvalue weighted by atomic mass is 32.1. The lowest BCUT2D eigenvalue weighted by molar-refractivity contribution is -0.115. The Hall–Kier alpha value is -2.18. The average molecular weight is 357 g/mol. The van der Waals surface area contributed by atoms with E-state index in [2.05, 4.69) is 34.7 Å². The maximum atomic E-state index is 12.1. The molecule has 0 saturated heterocycles. The highest BCUT2D eigenvalue weighted by molar-refractivity contribution is 7.13. The number of carbonyl (C=O) groups is 2. The second-order valence-corrected chi connectivity index (χ2v) is 7.72. The van der Waals surface area contributed by atoms with Crippen LogP contribution in [0.5, 0.6) is 0 Å². The van der Waals surface area contributed by atoms with Crippen LogP contribution in [0.4, 0.5) is 5.69 Å². The Morgan fingerprint density at radius 1 is 1.12 bits per heavy atom. The molecule has 25 heavy (non-hydrogen) atoms. The topological polar surface area (TPSA) is 61.4 Å². The summed E-state index contributed by atoms with van der Waals surface area (Å²) in [7, 11) is 2.13. The van der Waals surface area contributed by atoms with Crippen molar-refractivity contribution in [2.75, 3.05) is 32.0 Å². The van der Waals surface area contributed by atoms with Crippen molar-refractivity contribution >= 4 is 28.8 Å². The summed E-state index contributed by atoms with van der Waals surface area (Å²) < 4.78 is 0. The molecular weight excluding hydrogens is 334 g/mol. The zero-order chi connectivity index (χ0) is 17.8. The largest absolute Gasteiger partial charge is 0.342 e. The third kappa shape index (κ3) is 4.67. The first-order valence-electron chi connectivity index (χ1n) is 8.46. The number of hydrogen-bond donors (Lipinski definition) is 2. The first-order valence-corrected chi connectivity index (χ1v) is 9.28. The molecule has 1 aromatic heterocycles. The fourth-order valence-electron chi connectivity index (χ4n) is 2.92. The molecule has 0 bridgehead atoms. The van der Waals surface area contributed by atoms with Crippen LogP contribution in [0.15, 0.2) is 30.3 Å². The van der Waals surface area contributed by atoms with E-state index in [1.54, 1.807) is 6.07 Å². The van der Waals surface area contributed by atoms with E-state index >= 15 is 0 Å². The lowest BCUT2D eigenvalue weighted by atomic mass is 10.0. The molecule has 132 valence electrons. The number of benzene rings is 1. The quantitative estimate of drug-likeness (QED) is 0.884. The molecule has 2 aromatic rings. The Morgan fingerprint density at radius 2 is 1.88 bits per heavy atom. The lowest BCUT2D eigenvalue weighted by Crippen LogP contribution is -2.32. The van der Waals surface area contributed by atoms with Crippen LogP contribution in [-0.4, -0.2) is 43.4 Å². The molecule has 5 nitrogen and oxygen atoms in total. The SMILES string of the molecule is Cc1ccc(C(=O)NCC(=O)Nc2ccc3c(c2)CCN(C)CC3)s1. The molecule has 1 aliphatic rings. The molecule has 1 aliphatic heterocycles. The Morgan fingerprint density at radius 3 is 2.60 bits per heavy atom. The van der Waals surface area contributed by atoms with E-state index in [-0.39, 0.29) is 18.4 Å².